The zero-order valence-electron chi connectivity index (χ0n) is 14.8. The SMILES string of the molecule is CC(C)[C@H]1C(=O)N[C@@H]1CC(=O)C(=[N+]=[N-])C(=O)OCc1ccc(N=[N+]=[N-])cc1. The second-order valence-electron chi connectivity index (χ2n) is 6.39. The average Bonchev–Trinajstić information content (AvgIpc) is 2.60. The summed E-state index contributed by atoms with van der Waals surface area (Å²) in [4.78, 5) is 41.2. The van der Waals surface area contributed by atoms with Crippen molar-refractivity contribution in [3.8, 4) is 0 Å². The summed E-state index contributed by atoms with van der Waals surface area (Å²) < 4.78 is 4.99. The minimum Gasteiger partial charge on any atom is -0.452 e. The monoisotopic (exact) mass is 370 g/mol. The molecule has 0 radical (unpaired) electrons. The number of amides is 1. The Balaban J connectivity index is 1.93. The molecule has 0 saturated carbocycles. The summed E-state index contributed by atoms with van der Waals surface area (Å²) >= 11 is 0. The van der Waals surface area contributed by atoms with Crippen molar-refractivity contribution in [3.05, 3.63) is 45.8 Å². The van der Waals surface area contributed by atoms with Gasteiger partial charge in [-0.1, -0.05) is 43.2 Å². The molecule has 10 nitrogen and oxygen atoms in total. The Kier molecular flexibility index (Phi) is 6.43. The van der Waals surface area contributed by atoms with E-state index in [-0.39, 0.29) is 30.8 Å². The Morgan fingerprint density at radius 1 is 1.26 bits per heavy atom. The van der Waals surface area contributed by atoms with E-state index < -0.39 is 23.5 Å². The molecule has 0 aromatic heterocycles. The molecular formula is C17H18N6O4. The van der Waals surface area contributed by atoms with E-state index in [2.05, 4.69) is 20.1 Å². The average molecular weight is 370 g/mol. The number of ketones is 1. The van der Waals surface area contributed by atoms with E-state index in [1.807, 2.05) is 13.8 Å². The molecule has 140 valence electrons. The maximum Gasteiger partial charge on any atom is 0.441 e. The molecule has 0 bridgehead atoms. The number of β-lactam (4-membered cyclic amide) rings is 1. The van der Waals surface area contributed by atoms with Crippen molar-refractivity contribution in [2.45, 2.75) is 32.9 Å². The summed E-state index contributed by atoms with van der Waals surface area (Å²) in [6.45, 7) is 3.57. The number of nitrogens with zero attached hydrogens (tertiary/aromatic N) is 5. The molecule has 10 heteroatoms. The van der Waals surface area contributed by atoms with Crippen LogP contribution in [0.3, 0.4) is 0 Å². The fourth-order valence-corrected chi connectivity index (χ4v) is 2.84. The first-order valence-corrected chi connectivity index (χ1v) is 8.24. The Morgan fingerprint density at radius 2 is 1.93 bits per heavy atom. The van der Waals surface area contributed by atoms with E-state index in [0.29, 0.717) is 11.3 Å². The molecule has 0 unspecified atom stereocenters. The van der Waals surface area contributed by atoms with Crippen LogP contribution in [0.4, 0.5) is 5.69 Å². The Hall–Kier alpha value is -3.48. The second-order valence-corrected chi connectivity index (χ2v) is 6.39. The highest BCUT2D eigenvalue weighted by atomic mass is 16.5. The molecule has 2 atom stereocenters. The van der Waals surface area contributed by atoms with Gasteiger partial charge in [-0.05, 0) is 17.0 Å². The molecule has 1 heterocycles. The van der Waals surface area contributed by atoms with Gasteiger partial charge in [-0.3, -0.25) is 9.59 Å². The van der Waals surface area contributed by atoms with E-state index in [1.54, 1.807) is 24.3 Å². The lowest BCUT2D eigenvalue weighted by Crippen LogP contribution is -2.61. The van der Waals surface area contributed by atoms with E-state index in [9.17, 15) is 14.4 Å². The molecule has 0 aliphatic carbocycles. The predicted octanol–water partition coefficient (Wildman–Crippen LogP) is 2.07. The quantitative estimate of drug-likeness (QED) is 0.141. The third-order valence-corrected chi connectivity index (χ3v) is 4.21. The highest BCUT2D eigenvalue weighted by Crippen LogP contribution is 2.26. The first kappa shape index (κ1) is 19.8. The van der Waals surface area contributed by atoms with Gasteiger partial charge in [-0.2, -0.15) is 4.79 Å². The van der Waals surface area contributed by atoms with Crippen LogP contribution in [0.2, 0.25) is 0 Å². The van der Waals surface area contributed by atoms with Crippen LogP contribution in [0.25, 0.3) is 16.0 Å². The van der Waals surface area contributed by atoms with Gasteiger partial charge in [0.05, 0.1) is 5.92 Å². The van der Waals surface area contributed by atoms with Crippen molar-refractivity contribution in [3.63, 3.8) is 0 Å². The largest absolute Gasteiger partial charge is 0.452 e. The number of esters is 1. The number of hydrogen-bond acceptors (Lipinski definition) is 5. The molecule has 1 aliphatic heterocycles. The lowest BCUT2D eigenvalue weighted by molar-refractivity contribution is -0.143. The number of hydrogen-bond donors (Lipinski definition) is 1. The van der Waals surface area contributed by atoms with Gasteiger partial charge in [-0.15, -0.1) is 0 Å². The Labute approximate surface area is 154 Å². The first-order valence-electron chi connectivity index (χ1n) is 8.24. The maximum atomic E-state index is 12.2. The molecule has 1 aromatic carbocycles. The van der Waals surface area contributed by atoms with E-state index in [0.717, 1.165) is 0 Å². The van der Waals surface area contributed by atoms with Crippen molar-refractivity contribution in [1.82, 2.24) is 5.32 Å². The van der Waals surface area contributed by atoms with E-state index in [1.165, 1.54) is 0 Å². The molecule has 1 fully saturated rings. The van der Waals surface area contributed by atoms with Crippen molar-refractivity contribution < 1.29 is 23.9 Å². The van der Waals surface area contributed by atoms with Gasteiger partial charge in [-0.25, -0.2) is 4.79 Å². The first-order chi connectivity index (χ1) is 12.9. The predicted molar refractivity (Wildman–Crippen MR) is 93.6 cm³/mol. The van der Waals surface area contributed by atoms with Gasteiger partial charge >= 0.3 is 11.7 Å². The van der Waals surface area contributed by atoms with Gasteiger partial charge in [0, 0.05) is 23.1 Å². The van der Waals surface area contributed by atoms with Crippen molar-refractivity contribution in [2.75, 3.05) is 0 Å². The third kappa shape index (κ3) is 4.78. The molecule has 1 aromatic rings. The van der Waals surface area contributed by atoms with Crippen molar-refractivity contribution in [1.29, 1.82) is 0 Å². The molecule has 1 amide bonds. The molecule has 2 rings (SSSR count). The fraction of sp³-hybridized carbons (Fsp3) is 0.412. The zero-order chi connectivity index (χ0) is 20.0. The zero-order valence-corrected chi connectivity index (χ0v) is 14.8. The third-order valence-electron chi connectivity index (χ3n) is 4.21. The van der Waals surface area contributed by atoms with E-state index in [4.69, 9.17) is 15.8 Å². The molecule has 1 saturated heterocycles. The number of Topliss-reactive ketones (excluding diaryl/α,β-unsaturated/α-hetero) is 1. The number of nitrogens with one attached hydrogen (secondary N) is 1. The van der Waals surface area contributed by atoms with Gasteiger partial charge in [0.1, 0.15) is 6.61 Å². The normalized spacial score (nSPS) is 17.8. The number of benzene rings is 1. The smallest absolute Gasteiger partial charge is 0.441 e. The Bertz CT molecular complexity index is 851. The van der Waals surface area contributed by atoms with Crippen LogP contribution in [-0.2, 0) is 25.7 Å². The molecule has 1 aliphatic rings. The Morgan fingerprint density at radius 3 is 2.44 bits per heavy atom. The van der Waals surface area contributed by atoms with Crippen LogP contribution in [0.1, 0.15) is 25.8 Å². The van der Waals surface area contributed by atoms with E-state index >= 15 is 0 Å². The lowest BCUT2D eigenvalue weighted by atomic mass is 9.78. The van der Waals surface area contributed by atoms with Gasteiger partial charge in [0.15, 0.2) is 0 Å². The highest BCUT2D eigenvalue weighted by Gasteiger charge is 2.44. The number of carbonyl (C=O) groups excluding carboxylic acids is 3. The number of carbonyl (C=O) groups is 3. The maximum absolute atomic E-state index is 12.2. The second kappa shape index (κ2) is 8.75. The number of ether oxygens (including phenoxy) is 1. The highest BCUT2D eigenvalue weighted by molar-refractivity contribution is 6.62. The fourth-order valence-electron chi connectivity index (χ4n) is 2.84. The molecule has 27 heavy (non-hydrogen) atoms. The summed E-state index contributed by atoms with van der Waals surface area (Å²) in [5, 5.41) is 6.03. The van der Waals surface area contributed by atoms with Gasteiger partial charge in [0.2, 0.25) is 5.91 Å². The minimum absolute atomic E-state index is 0.0476. The van der Waals surface area contributed by atoms with Crippen LogP contribution in [0.15, 0.2) is 29.4 Å². The van der Waals surface area contributed by atoms with Crippen LogP contribution >= 0.6 is 0 Å². The van der Waals surface area contributed by atoms with Crippen LogP contribution in [0.5, 0.6) is 0 Å². The summed E-state index contributed by atoms with van der Waals surface area (Å²) in [6, 6.07) is 5.86. The summed E-state index contributed by atoms with van der Waals surface area (Å²) in [6.07, 6.45) is -0.149. The summed E-state index contributed by atoms with van der Waals surface area (Å²) in [5.41, 5.74) is 17.7. The summed E-state index contributed by atoms with van der Waals surface area (Å²) in [5.74, 6) is -2.19. The van der Waals surface area contributed by atoms with Crippen LogP contribution < -0.4 is 5.32 Å². The standard InChI is InChI=1S/C17H18N6O4/c1-9(2)14-12(20-16(14)25)7-13(24)15(21-18)17(26)27-8-10-3-5-11(6-4-10)22-23-19/h3-6,9,12,14H,7-8H2,1-2H3,(H,20,25)/t12-,14-/m1/s1. The van der Waals surface area contributed by atoms with Gasteiger partial charge in [0.25, 0.3) is 5.78 Å². The van der Waals surface area contributed by atoms with Gasteiger partial charge < -0.3 is 15.6 Å². The lowest BCUT2D eigenvalue weighted by Gasteiger charge is -2.38. The van der Waals surface area contributed by atoms with Crippen LogP contribution in [0, 0.1) is 11.8 Å². The molecular weight excluding hydrogens is 352 g/mol. The number of azide groups is 1. The van der Waals surface area contributed by atoms with Crippen molar-refractivity contribution in [2.24, 2.45) is 17.0 Å². The minimum atomic E-state index is -1.06. The number of rotatable bonds is 8. The van der Waals surface area contributed by atoms with Crippen molar-refractivity contribution >= 4 is 29.1 Å². The molecule has 1 N–H and O–H groups in total. The topological polar surface area (TPSA) is 158 Å². The molecule has 0 spiro atoms. The summed E-state index contributed by atoms with van der Waals surface area (Å²) in [7, 11) is 0. The van der Waals surface area contributed by atoms with Crippen LogP contribution in [-0.4, -0.2) is 34.2 Å².